The summed E-state index contributed by atoms with van der Waals surface area (Å²) in [5.41, 5.74) is 1.16. The molecule has 0 bridgehead atoms. The first-order valence-corrected chi connectivity index (χ1v) is 5.41. The van der Waals surface area contributed by atoms with Gasteiger partial charge < -0.3 is 9.88 Å². The van der Waals surface area contributed by atoms with E-state index in [1.165, 1.54) is 0 Å². The van der Waals surface area contributed by atoms with Gasteiger partial charge >= 0.3 is 0 Å². The van der Waals surface area contributed by atoms with Crippen LogP contribution in [0, 0.1) is 0 Å². The van der Waals surface area contributed by atoms with Crippen LogP contribution in [0.2, 0.25) is 0 Å². The molecule has 0 fully saturated rings. The minimum atomic E-state index is 0.382. The summed E-state index contributed by atoms with van der Waals surface area (Å²) in [6.07, 6.45) is 5.58. The molecule has 16 heavy (non-hydrogen) atoms. The molecule has 0 aliphatic rings. The monoisotopic (exact) mass is 219 g/mol. The maximum Gasteiger partial charge on any atom is 0.203 e. The van der Waals surface area contributed by atoms with Gasteiger partial charge in [-0.05, 0) is 19.9 Å². The Hall–Kier alpha value is -1.78. The van der Waals surface area contributed by atoms with Crippen molar-refractivity contribution in [1.82, 2.24) is 19.3 Å². The first kappa shape index (κ1) is 10.7. The number of anilines is 1. The molecule has 1 N–H and O–H groups in total. The Bertz CT molecular complexity index is 454. The number of rotatable bonds is 4. The molecule has 0 aliphatic carbocycles. The van der Waals surface area contributed by atoms with Crippen LogP contribution in [0.5, 0.6) is 0 Å². The molecular weight excluding hydrogens is 202 g/mol. The lowest BCUT2D eigenvalue weighted by molar-refractivity contribution is 0.665. The molecule has 2 aromatic rings. The van der Waals surface area contributed by atoms with E-state index in [4.69, 9.17) is 0 Å². The molecule has 5 heteroatoms. The molecular formula is C11H17N5. The highest BCUT2D eigenvalue weighted by atomic mass is 15.3. The van der Waals surface area contributed by atoms with Crippen molar-refractivity contribution in [3.8, 4) is 0 Å². The number of nitrogens with zero attached hydrogens (tertiary/aromatic N) is 4. The number of aromatic nitrogens is 4. The minimum Gasteiger partial charge on any atom is -0.353 e. The summed E-state index contributed by atoms with van der Waals surface area (Å²) >= 11 is 0. The van der Waals surface area contributed by atoms with Gasteiger partial charge in [-0.15, -0.1) is 0 Å². The second-order valence-electron chi connectivity index (χ2n) is 4.12. The fraction of sp³-hybridized carbons (Fsp3) is 0.455. The van der Waals surface area contributed by atoms with Crippen LogP contribution < -0.4 is 5.32 Å². The topological polar surface area (TPSA) is 47.7 Å². The zero-order valence-electron chi connectivity index (χ0n) is 9.88. The van der Waals surface area contributed by atoms with E-state index in [-0.39, 0.29) is 0 Å². The molecule has 0 unspecified atom stereocenters. The van der Waals surface area contributed by atoms with Gasteiger partial charge in [0.2, 0.25) is 5.95 Å². The molecule has 0 amide bonds. The van der Waals surface area contributed by atoms with Gasteiger partial charge in [0.25, 0.3) is 0 Å². The van der Waals surface area contributed by atoms with Crippen molar-refractivity contribution < 1.29 is 0 Å². The number of nitrogens with one attached hydrogen (secondary N) is 1. The lowest BCUT2D eigenvalue weighted by Crippen LogP contribution is -2.15. The van der Waals surface area contributed by atoms with Crippen LogP contribution >= 0.6 is 0 Å². The van der Waals surface area contributed by atoms with Crippen LogP contribution in [0.1, 0.15) is 19.5 Å². The summed E-state index contributed by atoms with van der Waals surface area (Å²) in [5.74, 6) is 0.899. The van der Waals surface area contributed by atoms with E-state index in [1.807, 2.05) is 30.2 Å². The lowest BCUT2D eigenvalue weighted by Gasteiger charge is -2.12. The van der Waals surface area contributed by atoms with Gasteiger partial charge in [0.1, 0.15) is 0 Å². The van der Waals surface area contributed by atoms with E-state index in [9.17, 15) is 0 Å². The Morgan fingerprint density at radius 1 is 1.38 bits per heavy atom. The van der Waals surface area contributed by atoms with Crippen molar-refractivity contribution in [2.24, 2.45) is 7.05 Å². The van der Waals surface area contributed by atoms with Crippen molar-refractivity contribution in [3.63, 3.8) is 0 Å². The molecule has 0 atom stereocenters. The summed E-state index contributed by atoms with van der Waals surface area (Å²) < 4.78 is 3.95. The van der Waals surface area contributed by atoms with Gasteiger partial charge in [0, 0.05) is 31.7 Å². The van der Waals surface area contributed by atoms with Gasteiger partial charge in [-0.1, -0.05) is 0 Å². The molecule has 2 rings (SSSR count). The summed E-state index contributed by atoms with van der Waals surface area (Å²) in [5, 5.41) is 7.46. The predicted molar refractivity (Wildman–Crippen MR) is 63.3 cm³/mol. The van der Waals surface area contributed by atoms with E-state index in [1.54, 1.807) is 6.20 Å². The molecule has 0 aromatic carbocycles. The third kappa shape index (κ3) is 2.24. The average molecular weight is 219 g/mol. The molecule has 0 aliphatic heterocycles. The Morgan fingerprint density at radius 2 is 2.19 bits per heavy atom. The summed E-state index contributed by atoms with van der Waals surface area (Å²) in [4.78, 5) is 4.29. The smallest absolute Gasteiger partial charge is 0.203 e. The highest BCUT2D eigenvalue weighted by Crippen LogP contribution is 2.09. The molecule has 5 nitrogen and oxygen atoms in total. The second-order valence-corrected chi connectivity index (χ2v) is 4.12. The lowest BCUT2D eigenvalue weighted by atomic mass is 10.4. The summed E-state index contributed by atoms with van der Waals surface area (Å²) in [6, 6.07) is 2.40. The van der Waals surface area contributed by atoms with Crippen LogP contribution in [0.4, 0.5) is 5.95 Å². The number of hydrogen-bond acceptors (Lipinski definition) is 3. The maximum atomic E-state index is 4.29. The van der Waals surface area contributed by atoms with Gasteiger partial charge in [0.05, 0.1) is 12.2 Å². The van der Waals surface area contributed by atoms with Crippen LogP contribution in [0.15, 0.2) is 24.7 Å². The SMILES string of the molecule is CC(C)Nc1nccn1Cc1ccnn1C. The fourth-order valence-corrected chi connectivity index (χ4v) is 1.57. The zero-order chi connectivity index (χ0) is 11.5. The standard InChI is InChI=1S/C11H17N5/c1-9(2)14-11-12-6-7-16(11)8-10-4-5-13-15(10)3/h4-7,9H,8H2,1-3H3,(H,12,14). The molecule has 0 saturated carbocycles. The van der Waals surface area contributed by atoms with E-state index in [0.29, 0.717) is 6.04 Å². The Labute approximate surface area is 95.1 Å². The average Bonchev–Trinajstić information content (AvgIpc) is 2.78. The van der Waals surface area contributed by atoms with E-state index in [0.717, 1.165) is 18.2 Å². The van der Waals surface area contributed by atoms with Gasteiger partial charge in [-0.3, -0.25) is 4.68 Å². The fourth-order valence-electron chi connectivity index (χ4n) is 1.57. The molecule has 0 spiro atoms. The third-order valence-electron chi connectivity index (χ3n) is 2.39. The molecule has 2 heterocycles. The highest BCUT2D eigenvalue weighted by Gasteiger charge is 2.06. The normalized spacial score (nSPS) is 11.0. The minimum absolute atomic E-state index is 0.382. The molecule has 86 valence electrons. The Kier molecular flexibility index (Phi) is 2.94. The van der Waals surface area contributed by atoms with Crippen molar-refractivity contribution in [1.29, 1.82) is 0 Å². The first-order chi connectivity index (χ1) is 7.66. The van der Waals surface area contributed by atoms with Crippen molar-refractivity contribution >= 4 is 5.95 Å². The van der Waals surface area contributed by atoms with Crippen molar-refractivity contribution in [3.05, 3.63) is 30.4 Å². The quantitative estimate of drug-likeness (QED) is 0.847. The summed E-state index contributed by atoms with van der Waals surface area (Å²) in [6.45, 7) is 4.98. The highest BCUT2D eigenvalue weighted by molar-refractivity contribution is 5.27. The first-order valence-electron chi connectivity index (χ1n) is 5.41. The van der Waals surface area contributed by atoms with Gasteiger partial charge in [0.15, 0.2) is 0 Å². The van der Waals surface area contributed by atoms with Gasteiger partial charge in [-0.2, -0.15) is 5.10 Å². The van der Waals surface area contributed by atoms with Crippen molar-refractivity contribution in [2.45, 2.75) is 26.4 Å². The van der Waals surface area contributed by atoms with Crippen LogP contribution in [-0.4, -0.2) is 25.4 Å². The summed E-state index contributed by atoms with van der Waals surface area (Å²) in [7, 11) is 1.95. The van der Waals surface area contributed by atoms with Crippen LogP contribution in [0.25, 0.3) is 0 Å². The Morgan fingerprint density at radius 3 is 2.81 bits per heavy atom. The molecule has 0 saturated heterocycles. The second kappa shape index (κ2) is 4.38. The molecule has 2 aromatic heterocycles. The van der Waals surface area contributed by atoms with Crippen molar-refractivity contribution in [2.75, 3.05) is 5.32 Å². The number of aryl methyl sites for hydroxylation is 1. The van der Waals surface area contributed by atoms with E-state index >= 15 is 0 Å². The molecule has 0 radical (unpaired) electrons. The van der Waals surface area contributed by atoms with Gasteiger partial charge in [-0.25, -0.2) is 4.98 Å². The maximum absolute atomic E-state index is 4.29. The van der Waals surface area contributed by atoms with Crippen LogP contribution in [-0.2, 0) is 13.6 Å². The third-order valence-corrected chi connectivity index (χ3v) is 2.39. The zero-order valence-corrected chi connectivity index (χ0v) is 9.88. The Balaban J connectivity index is 2.16. The van der Waals surface area contributed by atoms with Crippen LogP contribution in [0.3, 0.4) is 0 Å². The number of hydrogen-bond donors (Lipinski definition) is 1. The van der Waals surface area contributed by atoms with E-state index < -0.39 is 0 Å². The van der Waals surface area contributed by atoms with E-state index in [2.05, 4.69) is 33.8 Å². The predicted octanol–water partition coefficient (Wildman–Crippen LogP) is 1.49. The number of imidazole rings is 1. The largest absolute Gasteiger partial charge is 0.353 e.